The Hall–Kier alpha value is -3.22. The Morgan fingerprint density at radius 1 is 1.19 bits per heavy atom. The van der Waals surface area contributed by atoms with Gasteiger partial charge in [0.15, 0.2) is 0 Å². The number of aromatic nitrogens is 4. The summed E-state index contributed by atoms with van der Waals surface area (Å²) in [4.78, 5) is 22.6. The largest absolute Gasteiger partial charge is 0.384 e. The van der Waals surface area contributed by atoms with Crippen molar-refractivity contribution in [3.63, 3.8) is 0 Å². The number of anilines is 1. The predicted octanol–water partition coefficient (Wildman–Crippen LogP) is 2.70. The molecule has 3 rings (SSSR count). The fourth-order valence-corrected chi connectivity index (χ4v) is 3.02. The van der Waals surface area contributed by atoms with Crippen LogP contribution in [-0.4, -0.2) is 44.1 Å². The summed E-state index contributed by atoms with van der Waals surface area (Å²) in [5, 5.41) is 4.45. The van der Waals surface area contributed by atoms with Gasteiger partial charge in [0.25, 0.3) is 5.91 Å². The molecule has 2 heterocycles. The van der Waals surface area contributed by atoms with Gasteiger partial charge in [-0.25, -0.2) is 9.97 Å². The summed E-state index contributed by atoms with van der Waals surface area (Å²) < 4.78 is 1.98. The van der Waals surface area contributed by atoms with Crippen LogP contribution in [0.5, 0.6) is 0 Å². The van der Waals surface area contributed by atoms with Crippen molar-refractivity contribution >= 4 is 11.7 Å². The molecule has 0 atom stereocenters. The second kappa shape index (κ2) is 7.99. The highest BCUT2D eigenvalue weighted by Gasteiger charge is 2.13. The first-order valence-corrected chi connectivity index (χ1v) is 8.88. The first kappa shape index (κ1) is 18.6. The second-order valence-corrected chi connectivity index (χ2v) is 6.64. The molecule has 1 amide bonds. The summed E-state index contributed by atoms with van der Waals surface area (Å²) in [6.07, 6.45) is 2.26. The number of rotatable bonds is 6. The normalized spacial score (nSPS) is 10.8. The van der Waals surface area contributed by atoms with E-state index in [1.54, 1.807) is 11.0 Å². The molecule has 1 aromatic carbocycles. The molecule has 0 bridgehead atoms. The Balaban J connectivity index is 1.64. The molecule has 0 aliphatic carbocycles. The van der Waals surface area contributed by atoms with E-state index in [0.717, 1.165) is 29.9 Å². The molecule has 140 valence electrons. The van der Waals surface area contributed by atoms with Crippen molar-refractivity contribution in [2.75, 3.05) is 19.3 Å². The monoisotopic (exact) mass is 364 g/mol. The van der Waals surface area contributed by atoms with Crippen LogP contribution < -0.4 is 5.73 Å². The van der Waals surface area contributed by atoms with Crippen molar-refractivity contribution in [1.82, 2.24) is 24.6 Å². The number of carbonyl (C=O) groups excluding carboxylic acids is 1. The molecule has 0 spiro atoms. The lowest BCUT2D eigenvalue weighted by atomic mass is 10.1. The molecule has 0 unspecified atom stereocenters. The number of nitrogens with zero attached hydrogens (tertiary/aromatic N) is 5. The minimum absolute atomic E-state index is 0.0211. The zero-order valence-electron chi connectivity index (χ0n) is 15.9. The van der Waals surface area contributed by atoms with Crippen molar-refractivity contribution in [3.8, 4) is 11.3 Å². The molecule has 2 aromatic heterocycles. The van der Waals surface area contributed by atoms with Crippen molar-refractivity contribution in [2.45, 2.75) is 26.8 Å². The molecule has 3 aromatic rings. The Kier molecular flexibility index (Phi) is 5.49. The number of carbonyl (C=O) groups is 1. The lowest BCUT2D eigenvalue weighted by molar-refractivity contribution is 0.0791. The van der Waals surface area contributed by atoms with E-state index >= 15 is 0 Å². The van der Waals surface area contributed by atoms with Gasteiger partial charge in [0.1, 0.15) is 12.1 Å². The zero-order chi connectivity index (χ0) is 19.4. The molecule has 0 aliphatic rings. The maximum Gasteiger partial charge on any atom is 0.253 e. The summed E-state index contributed by atoms with van der Waals surface area (Å²) in [5.41, 5.74) is 10.0. The second-order valence-electron chi connectivity index (χ2n) is 6.64. The quantitative estimate of drug-likeness (QED) is 0.726. The first-order chi connectivity index (χ1) is 12.9. The number of nitrogen functional groups attached to an aromatic ring is 1. The predicted molar refractivity (Wildman–Crippen MR) is 105 cm³/mol. The molecular formula is C20H24N6O. The summed E-state index contributed by atoms with van der Waals surface area (Å²) in [5.74, 6) is 0.380. The number of nitrogens with two attached hydrogens (primary N) is 1. The molecule has 0 saturated carbocycles. The third kappa shape index (κ3) is 4.49. The highest BCUT2D eigenvalue weighted by Crippen LogP contribution is 2.20. The van der Waals surface area contributed by atoms with Gasteiger partial charge in [-0.2, -0.15) is 5.10 Å². The van der Waals surface area contributed by atoms with Crippen molar-refractivity contribution < 1.29 is 4.79 Å². The number of hydrogen-bond donors (Lipinski definition) is 1. The number of amides is 1. The van der Waals surface area contributed by atoms with Crippen LogP contribution >= 0.6 is 0 Å². The van der Waals surface area contributed by atoms with Gasteiger partial charge >= 0.3 is 0 Å². The molecule has 2 N–H and O–H groups in total. The highest BCUT2D eigenvalue weighted by atomic mass is 16.2. The van der Waals surface area contributed by atoms with E-state index in [4.69, 9.17) is 5.73 Å². The van der Waals surface area contributed by atoms with Gasteiger partial charge in [0, 0.05) is 43.0 Å². The number of hydrogen-bond acceptors (Lipinski definition) is 5. The lowest BCUT2D eigenvalue weighted by Crippen LogP contribution is -2.28. The van der Waals surface area contributed by atoms with Crippen LogP contribution in [0, 0.1) is 13.8 Å². The van der Waals surface area contributed by atoms with Gasteiger partial charge in [-0.1, -0.05) is 12.1 Å². The van der Waals surface area contributed by atoms with Crippen LogP contribution in [0.2, 0.25) is 0 Å². The van der Waals surface area contributed by atoms with Crippen molar-refractivity contribution in [2.24, 2.45) is 0 Å². The molecule has 7 heteroatoms. The van der Waals surface area contributed by atoms with E-state index in [2.05, 4.69) is 21.1 Å². The molecule has 7 nitrogen and oxygen atoms in total. The van der Waals surface area contributed by atoms with Gasteiger partial charge in [0.2, 0.25) is 0 Å². The zero-order valence-corrected chi connectivity index (χ0v) is 15.9. The van der Waals surface area contributed by atoms with E-state index in [1.807, 2.05) is 49.8 Å². The Morgan fingerprint density at radius 2 is 2.00 bits per heavy atom. The molecule has 0 radical (unpaired) electrons. The molecule has 0 aliphatic heterocycles. The van der Waals surface area contributed by atoms with E-state index in [-0.39, 0.29) is 5.91 Å². The minimum Gasteiger partial charge on any atom is -0.384 e. The fraction of sp³-hybridized carbons (Fsp3) is 0.300. The van der Waals surface area contributed by atoms with E-state index in [9.17, 15) is 4.79 Å². The Bertz CT molecular complexity index is 949. The van der Waals surface area contributed by atoms with Crippen LogP contribution in [0.3, 0.4) is 0 Å². The maximum absolute atomic E-state index is 12.8. The van der Waals surface area contributed by atoms with Crippen LogP contribution in [-0.2, 0) is 6.54 Å². The molecule has 0 fully saturated rings. The van der Waals surface area contributed by atoms with Crippen LogP contribution in [0.15, 0.2) is 42.7 Å². The SMILES string of the molecule is Cc1cc(C)n(CCCN(C)C(=O)c2cccc(-c3cc(N)ncn3)c2)n1. The average molecular weight is 364 g/mol. The highest BCUT2D eigenvalue weighted by molar-refractivity contribution is 5.95. The Labute approximate surface area is 158 Å². The van der Waals surface area contributed by atoms with Crippen molar-refractivity contribution in [3.05, 3.63) is 59.7 Å². The van der Waals surface area contributed by atoms with Gasteiger partial charge in [-0.05, 0) is 38.5 Å². The van der Waals surface area contributed by atoms with E-state index < -0.39 is 0 Å². The molecular weight excluding hydrogens is 340 g/mol. The van der Waals surface area contributed by atoms with E-state index in [0.29, 0.717) is 23.6 Å². The first-order valence-electron chi connectivity index (χ1n) is 8.88. The van der Waals surface area contributed by atoms with Crippen LogP contribution in [0.4, 0.5) is 5.82 Å². The summed E-state index contributed by atoms with van der Waals surface area (Å²) in [7, 11) is 1.82. The average Bonchev–Trinajstić information content (AvgIpc) is 2.98. The minimum atomic E-state index is -0.0211. The van der Waals surface area contributed by atoms with Crippen LogP contribution in [0.1, 0.15) is 28.2 Å². The standard InChI is InChI=1S/C20H24N6O/c1-14-10-15(2)26(24-14)9-5-8-25(3)20(27)17-7-4-6-16(11-17)18-12-19(21)23-13-22-18/h4,6-7,10-13H,5,8-9H2,1-3H3,(H2,21,22,23). The number of benzene rings is 1. The summed E-state index contributed by atoms with van der Waals surface area (Å²) in [6.45, 7) is 5.47. The third-order valence-corrected chi connectivity index (χ3v) is 4.41. The molecule has 27 heavy (non-hydrogen) atoms. The number of aryl methyl sites for hydroxylation is 3. The topological polar surface area (TPSA) is 89.9 Å². The molecule has 0 saturated heterocycles. The summed E-state index contributed by atoms with van der Waals surface area (Å²) >= 11 is 0. The lowest BCUT2D eigenvalue weighted by Gasteiger charge is -2.18. The van der Waals surface area contributed by atoms with E-state index in [1.165, 1.54) is 6.33 Å². The van der Waals surface area contributed by atoms with Crippen LogP contribution in [0.25, 0.3) is 11.3 Å². The third-order valence-electron chi connectivity index (χ3n) is 4.41. The Morgan fingerprint density at radius 3 is 2.70 bits per heavy atom. The van der Waals surface area contributed by atoms with Crippen molar-refractivity contribution in [1.29, 1.82) is 0 Å². The summed E-state index contributed by atoms with van der Waals surface area (Å²) in [6, 6.07) is 11.2. The maximum atomic E-state index is 12.8. The van der Waals surface area contributed by atoms with Gasteiger partial charge in [0.05, 0.1) is 11.4 Å². The van der Waals surface area contributed by atoms with Gasteiger partial charge in [-0.15, -0.1) is 0 Å². The van der Waals surface area contributed by atoms with Gasteiger partial charge in [-0.3, -0.25) is 9.48 Å². The smallest absolute Gasteiger partial charge is 0.253 e. The fourth-order valence-electron chi connectivity index (χ4n) is 3.02. The van der Waals surface area contributed by atoms with Gasteiger partial charge < -0.3 is 10.6 Å².